The first-order chi connectivity index (χ1) is 8.97. The summed E-state index contributed by atoms with van der Waals surface area (Å²) in [6.45, 7) is 1.60. The van der Waals surface area contributed by atoms with E-state index >= 15 is 0 Å². The number of nitro groups is 1. The third-order valence-electron chi connectivity index (χ3n) is 2.31. The topological polar surface area (TPSA) is 63.4 Å². The second-order valence-corrected chi connectivity index (χ2v) is 7.16. The minimum atomic E-state index is -0.694. The van der Waals surface area contributed by atoms with Crippen molar-refractivity contribution in [2.75, 3.05) is 0 Å². The molecule has 0 saturated carbocycles. The van der Waals surface area contributed by atoms with Gasteiger partial charge in [-0.1, -0.05) is 33.8 Å². The molecule has 100 valence electrons. The molecule has 1 heterocycles. The summed E-state index contributed by atoms with van der Waals surface area (Å²) < 4.78 is 1.51. The number of nitrogens with zero attached hydrogens (tertiary/aromatic N) is 1. The minimum Gasteiger partial charge on any atom is -0.388 e. The predicted octanol–water partition coefficient (Wildman–Crippen LogP) is 4.62. The summed E-state index contributed by atoms with van der Waals surface area (Å²) in [6.07, 6.45) is -0.694. The maximum atomic E-state index is 11.0. The molecule has 7 heteroatoms. The lowest BCUT2D eigenvalue weighted by molar-refractivity contribution is -0.387. The van der Waals surface area contributed by atoms with Gasteiger partial charge in [-0.2, -0.15) is 0 Å². The Morgan fingerprint density at radius 1 is 1.47 bits per heavy atom. The van der Waals surface area contributed by atoms with E-state index in [0.717, 1.165) is 9.37 Å². The fourth-order valence-corrected chi connectivity index (χ4v) is 4.30. The van der Waals surface area contributed by atoms with Crippen LogP contribution in [0.15, 0.2) is 43.9 Å². The van der Waals surface area contributed by atoms with Crippen molar-refractivity contribution in [2.24, 2.45) is 0 Å². The second-order valence-electron chi connectivity index (χ2n) is 3.81. The predicted molar refractivity (Wildman–Crippen MR) is 79.9 cm³/mol. The number of aliphatic hydroxyl groups is 1. The van der Waals surface area contributed by atoms with Crippen molar-refractivity contribution in [1.29, 1.82) is 0 Å². The lowest BCUT2D eigenvalue weighted by Crippen LogP contribution is -1.87. The molecule has 19 heavy (non-hydrogen) atoms. The Kier molecular flexibility index (Phi) is 4.62. The quantitative estimate of drug-likeness (QED) is 0.638. The van der Waals surface area contributed by atoms with Crippen LogP contribution in [0.25, 0.3) is 0 Å². The molecule has 1 aromatic carbocycles. The highest BCUT2D eigenvalue weighted by Gasteiger charge is 2.21. The van der Waals surface area contributed by atoms with Crippen molar-refractivity contribution in [3.8, 4) is 0 Å². The molecule has 1 atom stereocenters. The Labute approximate surface area is 126 Å². The fourth-order valence-electron chi connectivity index (χ4n) is 1.43. The van der Waals surface area contributed by atoms with Crippen LogP contribution < -0.4 is 0 Å². The molecule has 0 saturated heterocycles. The van der Waals surface area contributed by atoms with E-state index in [0.29, 0.717) is 9.09 Å². The fraction of sp³-hybridized carbons (Fsp3) is 0.167. The van der Waals surface area contributed by atoms with Crippen LogP contribution in [0.4, 0.5) is 5.69 Å². The van der Waals surface area contributed by atoms with Gasteiger partial charge in [0.2, 0.25) is 0 Å². The Morgan fingerprint density at radius 2 is 2.21 bits per heavy atom. The van der Waals surface area contributed by atoms with Crippen molar-refractivity contribution >= 4 is 44.7 Å². The van der Waals surface area contributed by atoms with E-state index in [1.807, 2.05) is 24.3 Å². The standard InChI is InChI=1S/C12H10BrNO3S2/c1-7(15)11-6-10(14(16)17)12(19-11)18-9-4-2-3-8(13)5-9/h2-7,15H,1H3/t7-/m0/s1. The van der Waals surface area contributed by atoms with Gasteiger partial charge in [0.1, 0.15) is 4.21 Å². The first-order valence-corrected chi connectivity index (χ1v) is 7.79. The smallest absolute Gasteiger partial charge is 0.294 e. The first-order valence-electron chi connectivity index (χ1n) is 5.37. The van der Waals surface area contributed by atoms with Crippen LogP contribution in [-0.2, 0) is 0 Å². The molecular weight excluding hydrogens is 350 g/mol. The molecular formula is C12H10BrNO3S2. The van der Waals surface area contributed by atoms with E-state index in [9.17, 15) is 15.2 Å². The monoisotopic (exact) mass is 359 g/mol. The summed E-state index contributed by atoms with van der Waals surface area (Å²) in [6, 6.07) is 9.00. The van der Waals surface area contributed by atoms with Gasteiger partial charge in [0.25, 0.3) is 5.69 Å². The number of hydrogen-bond donors (Lipinski definition) is 1. The Balaban J connectivity index is 2.36. The molecule has 1 aromatic heterocycles. The van der Waals surface area contributed by atoms with E-state index in [2.05, 4.69) is 15.9 Å². The molecule has 4 nitrogen and oxygen atoms in total. The normalized spacial score (nSPS) is 12.4. The molecule has 0 aliphatic heterocycles. The zero-order chi connectivity index (χ0) is 14.0. The van der Waals surface area contributed by atoms with Gasteiger partial charge in [0.15, 0.2) is 0 Å². The van der Waals surface area contributed by atoms with E-state index in [-0.39, 0.29) is 5.69 Å². The van der Waals surface area contributed by atoms with Gasteiger partial charge in [-0.25, -0.2) is 0 Å². The van der Waals surface area contributed by atoms with Crippen LogP contribution >= 0.6 is 39.0 Å². The van der Waals surface area contributed by atoms with Gasteiger partial charge in [0.05, 0.1) is 11.0 Å². The highest BCUT2D eigenvalue weighted by molar-refractivity contribution is 9.10. The lowest BCUT2D eigenvalue weighted by atomic mass is 10.3. The van der Waals surface area contributed by atoms with E-state index in [1.54, 1.807) is 6.92 Å². The number of hydrogen-bond acceptors (Lipinski definition) is 5. The molecule has 0 unspecified atom stereocenters. The second kappa shape index (κ2) is 6.04. The number of aliphatic hydroxyl groups excluding tert-OH is 1. The highest BCUT2D eigenvalue weighted by Crippen LogP contribution is 2.43. The van der Waals surface area contributed by atoms with Crippen LogP contribution in [0.3, 0.4) is 0 Å². The van der Waals surface area contributed by atoms with Crippen LogP contribution in [0.2, 0.25) is 0 Å². The summed E-state index contributed by atoms with van der Waals surface area (Å²) >= 11 is 5.95. The van der Waals surface area contributed by atoms with E-state index in [4.69, 9.17) is 0 Å². The van der Waals surface area contributed by atoms with Crippen molar-refractivity contribution in [3.05, 3.63) is 49.8 Å². The van der Waals surface area contributed by atoms with Crippen LogP contribution in [-0.4, -0.2) is 10.0 Å². The Bertz CT molecular complexity index is 613. The molecule has 0 bridgehead atoms. The summed E-state index contributed by atoms with van der Waals surface area (Å²) in [5, 5.41) is 20.5. The molecule has 2 aromatic rings. The third kappa shape index (κ3) is 3.56. The zero-order valence-electron chi connectivity index (χ0n) is 9.87. The van der Waals surface area contributed by atoms with Gasteiger partial charge < -0.3 is 5.11 Å². The highest BCUT2D eigenvalue weighted by atomic mass is 79.9. The van der Waals surface area contributed by atoms with E-state index < -0.39 is 11.0 Å². The van der Waals surface area contributed by atoms with Crippen molar-refractivity contribution in [2.45, 2.75) is 22.1 Å². The summed E-state index contributed by atoms with van der Waals surface area (Å²) in [4.78, 5) is 12.1. The molecule has 2 rings (SSSR count). The summed E-state index contributed by atoms with van der Waals surface area (Å²) in [5.74, 6) is 0. The lowest BCUT2D eigenvalue weighted by Gasteiger charge is -1.99. The Hall–Kier alpha value is -0.890. The average molecular weight is 360 g/mol. The van der Waals surface area contributed by atoms with Crippen molar-refractivity contribution in [1.82, 2.24) is 0 Å². The number of thiophene rings is 1. The number of halogens is 1. The SMILES string of the molecule is C[C@H](O)c1cc([N+](=O)[O-])c(Sc2cccc(Br)c2)s1. The van der Waals surface area contributed by atoms with Gasteiger partial charge in [-0.05, 0) is 25.1 Å². The average Bonchev–Trinajstić information content (AvgIpc) is 2.73. The summed E-state index contributed by atoms with van der Waals surface area (Å²) in [5.41, 5.74) is 0.0471. The number of rotatable bonds is 4. The van der Waals surface area contributed by atoms with Gasteiger partial charge in [0, 0.05) is 20.3 Å². The van der Waals surface area contributed by atoms with Crippen LogP contribution in [0, 0.1) is 10.1 Å². The molecule has 0 amide bonds. The molecule has 0 spiro atoms. The van der Waals surface area contributed by atoms with Gasteiger partial charge in [-0.3, -0.25) is 10.1 Å². The largest absolute Gasteiger partial charge is 0.388 e. The molecule has 0 aliphatic carbocycles. The maximum absolute atomic E-state index is 11.0. The van der Waals surface area contributed by atoms with Crippen molar-refractivity contribution < 1.29 is 10.0 Å². The molecule has 1 N–H and O–H groups in total. The minimum absolute atomic E-state index is 0.0471. The van der Waals surface area contributed by atoms with Gasteiger partial charge in [-0.15, -0.1) is 11.3 Å². The third-order valence-corrected chi connectivity index (χ3v) is 5.28. The summed E-state index contributed by atoms with van der Waals surface area (Å²) in [7, 11) is 0. The maximum Gasteiger partial charge on any atom is 0.294 e. The molecule has 0 radical (unpaired) electrons. The van der Waals surface area contributed by atoms with Crippen LogP contribution in [0.1, 0.15) is 17.9 Å². The molecule has 0 aliphatic rings. The van der Waals surface area contributed by atoms with Crippen molar-refractivity contribution in [3.63, 3.8) is 0 Å². The van der Waals surface area contributed by atoms with E-state index in [1.165, 1.54) is 29.2 Å². The molecule has 0 fully saturated rings. The first kappa shape index (κ1) is 14.5. The zero-order valence-corrected chi connectivity index (χ0v) is 13.1. The number of benzene rings is 1. The van der Waals surface area contributed by atoms with Gasteiger partial charge >= 0.3 is 0 Å². The Morgan fingerprint density at radius 3 is 2.79 bits per heavy atom. The van der Waals surface area contributed by atoms with Crippen LogP contribution in [0.5, 0.6) is 0 Å².